The zero-order valence-electron chi connectivity index (χ0n) is 11.3. The molecule has 17 heavy (non-hydrogen) atoms. The molecule has 0 bridgehead atoms. The Morgan fingerprint density at radius 2 is 2.00 bits per heavy atom. The van der Waals surface area contributed by atoms with Crippen LogP contribution < -0.4 is 5.73 Å². The smallest absolute Gasteiger partial charge is 0.139 e. The predicted molar refractivity (Wildman–Crippen MR) is 71.4 cm³/mol. The summed E-state index contributed by atoms with van der Waals surface area (Å²) in [5.74, 6) is 0.303. The highest BCUT2D eigenvalue weighted by Gasteiger charge is 2.01. The minimum atomic E-state index is 0.303. The molecule has 0 radical (unpaired) electrons. The lowest BCUT2D eigenvalue weighted by molar-refractivity contribution is 0.0562. The summed E-state index contributed by atoms with van der Waals surface area (Å²) in [6, 6.07) is 0. The van der Waals surface area contributed by atoms with Gasteiger partial charge in [-0.25, -0.2) is 0 Å². The van der Waals surface area contributed by atoms with E-state index in [1.807, 2.05) is 0 Å². The summed E-state index contributed by atoms with van der Waals surface area (Å²) in [4.78, 5) is 0. The fourth-order valence-electron chi connectivity index (χ4n) is 1.68. The lowest BCUT2D eigenvalue weighted by Crippen LogP contribution is -2.12. The number of ether oxygens (including phenoxy) is 1. The summed E-state index contributed by atoms with van der Waals surface area (Å²) in [5, 5.41) is 11.3. The van der Waals surface area contributed by atoms with Gasteiger partial charge in [-0.2, -0.15) is 0 Å². The standard InChI is InChI=1S/C13H28N2O2/c1-3-4-5-6-9-12(2)17-11-8-7-10-13(14)15-16/h12,16H,3-11H2,1-2H3,(H2,14,15). The Bertz CT molecular complexity index is 196. The van der Waals surface area contributed by atoms with E-state index < -0.39 is 0 Å². The van der Waals surface area contributed by atoms with Gasteiger partial charge in [0.2, 0.25) is 0 Å². The van der Waals surface area contributed by atoms with Crippen LogP contribution in [-0.2, 0) is 4.74 Å². The van der Waals surface area contributed by atoms with Crippen molar-refractivity contribution in [1.82, 2.24) is 0 Å². The highest BCUT2D eigenvalue weighted by atomic mass is 16.5. The van der Waals surface area contributed by atoms with Gasteiger partial charge in [0, 0.05) is 13.0 Å². The molecule has 0 amide bonds. The van der Waals surface area contributed by atoms with E-state index in [0.717, 1.165) is 25.9 Å². The van der Waals surface area contributed by atoms with E-state index in [1.165, 1.54) is 25.7 Å². The Morgan fingerprint density at radius 1 is 1.24 bits per heavy atom. The van der Waals surface area contributed by atoms with Gasteiger partial charge in [0.25, 0.3) is 0 Å². The van der Waals surface area contributed by atoms with Gasteiger partial charge in [-0.3, -0.25) is 0 Å². The van der Waals surface area contributed by atoms with Gasteiger partial charge < -0.3 is 15.7 Å². The normalized spacial score (nSPS) is 13.9. The topological polar surface area (TPSA) is 67.8 Å². The van der Waals surface area contributed by atoms with Crippen LogP contribution in [0.3, 0.4) is 0 Å². The molecule has 0 saturated heterocycles. The molecule has 0 aliphatic carbocycles. The van der Waals surface area contributed by atoms with Crippen LogP contribution in [0, 0.1) is 0 Å². The van der Waals surface area contributed by atoms with Crippen molar-refractivity contribution >= 4 is 5.84 Å². The number of oxime groups is 1. The molecule has 0 saturated carbocycles. The minimum Gasteiger partial charge on any atom is -0.409 e. The molecule has 3 N–H and O–H groups in total. The molecule has 102 valence electrons. The van der Waals surface area contributed by atoms with Crippen LogP contribution >= 0.6 is 0 Å². The van der Waals surface area contributed by atoms with Crippen LogP contribution in [-0.4, -0.2) is 23.8 Å². The van der Waals surface area contributed by atoms with Crippen molar-refractivity contribution in [3.8, 4) is 0 Å². The van der Waals surface area contributed by atoms with Gasteiger partial charge in [0.05, 0.1) is 6.10 Å². The van der Waals surface area contributed by atoms with E-state index in [2.05, 4.69) is 19.0 Å². The van der Waals surface area contributed by atoms with Crippen LogP contribution in [0.2, 0.25) is 0 Å². The van der Waals surface area contributed by atoms with Crippen molar-refractivity contribution in [2.24, 2.45) is 10.9 Å². The summed E-state index contributed by atoms with van der Waals surface area (Å²) in [7, 11) is 0. The number of nitrogens with zero attached hydrogens (tertiary/aromatic N) is 1. The van der Waals surface area contributed by atoms with Crippen molar-refractivity contribution in [3.63, 3.8) is 0 Å². The molecule has 0 aliphatic rings. The Balaban J connectivity index is 3.24. The maximum Gasteiger partial charge on any atom is 0.139 e. The summed E-state index contributed by atoms with van der Waals surface area (Å²) in [6.07, 6.45) is 9.22. The molecule has 0 rings (SSSR count). The monoisotopic (exact) mass is 244 g/mol. The van der Waals surface area contributed by atoms with Crippen molar-refractivity contribution < 1.29 is 9.94 Å². The van der Waals surface area contributed by atoms with Crippen molar-refractivity contribution in [1.29, 1.82) is 0 Å². The van der Waals surface area contributed by atoms with Gasteiger partial charge in [-0.1, -0.05) is 37.8 Å². The first kappa shape index (κ1) is 16.2. The first-order valence-corrected chi connectivity index (χ1v) is 6.78. The molecule has 0 heterocycles. The second kappa shape index (κ2) is 11.7. The molecule has 0 aliphatic heterocycles. The highest BCUT2D eigenvalue weighted by Crippen LogP contribution is 2.08. The fourth-order valence-corrected chi connectivity index (χ4v) is 1.68. The van der Waals surface area contributed by atoms with E-state index >= 15 is 0 Å². The van der Waals surface area contributed by atoms with Crippen molar-refractivity contribution in [2.45, 2.75) is 71.3 Å². The molecular weight excluding hydrogens is 216 g/mol. The van der Waals surface area contributed by atoms with E-state index in [1.54, 1.807) is 0 Å². The second-order valence-electron chi connectivity index (χ2n) is 4.58. The molecule has 4 heteroatoms. The lowest BCUT2D eigenvalue weighted by Gasteiger charge is -2.12. The molecule has 0 fully saturated rings. The average Bonchev–Trinajstić information content (AvgIpc) is 2.34. The highest BCUT2D eigenvalue weighted by molar-refractivity contribution is 5.79. The first-order chi connectivity index (χ1) is 8.20. The van der Waals surface area contributed by atoms with Gasteiger partial charge in [0.15, 0.2) is 0 Å². The minimum absolute atomic E-state index is 0.303. The summed E-state index contributed by atoms with van der Waals surface area (Å²) >= 11 is 0. The molecular formula is C13H28N2O2. The second-order valence-corrected chi connectivity index (χ2v) is 4.58. The Labute approximate surface area is 105 Å². The van der Waals surface area contributed by atoms with Crippen LogP contribution in [0.25, 0.3) is 0 Å². The zero-order chi connectivity index (χ0) is 12.9. The quantitative estimate of drug-likeness (QED) is 0.193. The summed E-state index contributed by atoms with van der Waals surface area (Å²) in [5.41, 5.74) is 5.37. The third-order valence-electron chi connectivity index (χ3n) is 2.82. The van der Waals surface area contributed by atoms with Gasteiger partial charge in [-0.05, 0) is 26.2 Å². The van der Waals surface area contributed by atoms with Crippen LogP contribution in [0.4, 0.5) is 0 Å². The molecule has 1 unspecified atom stereocenters. The van der Waals surface area contributed by atoms with Gasteiger partial charge in [-0.15, -0.1) is 0 Å². The predicted octanol–water partition coefficient (Wildman–Crippen LogP) is 3.28. The average molecular weight is 244 g/mol. The van der Waals surface area contributed by atoms with Gasteiger partial charge >= 0.3 is 0 Å². The van der Waals surface area contributed by atoms with E-state index in [0.29, 0.717) is 18.4 Å². The lowest BCUT2D eigenvalue weighted by atomic mass is 10.1. The molecule has 1 atom stereocenters. The zero-order valence-corrected chi connectivity index (χ0v) is 11.3. The number of rotatable bonds is 11. The molecule has 0 spiro atoms. The SMILES string of the molecule is CCCCCCC(C)OCCCCC(N)=NO. The Hall–Kier alpha value is -0.770. The molecule has 0 aromatic carbocycles. The maximum atomic E-state index is 8.35. The third kappa shape index (κ3) is 11.5. The molecule has 0 aromatic rings. The Kier molecular flexibility index (Phi) is 11.2. The van der Waals surface area contributed by atoms with Crippen LogP contribution in [0.15, 0.2) is 5.16 Å². The van der Waals surface area contributed by atoms with E-state index in [-0.39, 0.29) is 0 Å². The maximum absolute atomic E-state index is 8.35. The number of amidine groups is 1. The number of nitrogens with two attached hydrogens (primary N) is 1. The number of hydrogen-bond acceptors (Lipinski definition) is 3. The molecule has 0 aromatic heterocycles. The van der Waals surface area contributed by atoms with Crippen molar-refractivity contribution in [3.05, 3.63) is 0 Å². The first-order valence-electron chi connectivity index (χ1n) is 6.78. The Morgan fingerprint density at radius 3 is 2.65 bits per heavy atom. The summed E-state index contributed by atoms with van der Waals surface area (Å²) in [6.45, 7) is 5.13. The van der Waals surface area contributed by atoms with Crippen LogP contribution in [0.1, 0.15) is 65.2 Å². The molecule has 4 nitrogen and oxygen atoms in total. The van der Waals surface area contributed by atoms with E-state index in [4.69, 9.17) is 15.7 Å². The van der Waals surface area contributed by atoms with Gasteiger partial charge in [0.1, 0.15) is 5.84 Å². The van der Waals surface area contributed by atoms with E-state index in [9.17, 15) is 0 Å². The number of hydrogen-bond donors (Lipinski definition) is 2. The number of unbranched alkanes of at least 4 members (excludes halogenated alkanes) is 4. The summed E-state index contributed by atoms with van der Waals surface area (Å²) < 4.78 is 5.69. The van der Waals surface area contributed by atoms with Crippen molar-refractivity contribution in [2.75, 3.05) is 6.61 Å². The fraction of sp³-hybridized carbons (Fsp3) is 0.923. The largest absolute Gasteiger partial charge is 0.409 e. The third-order valence-corrected chi connectivity index (χ3v) is 2.82. The van der Waals surface area contributed by atoms with Crippen LogP contribution in [0.5, 0.6) is 0 Å².